The second kappa shape index (κ2) is 5.31. The maximum Gasteiger partial charge on any atom is 0.164 e. The number of halogens is 3. The minimum Gasteiger partial charge on any atom is -0.305 e. The van der Waals surface area contributed by atoms with Crippen LogP contribution < -0.4 is 0 Å². The molecular weight excluding hydrogens is 305 g/mol. The van der Waals surface area contributed by atoms with E-state index >= 15 is 0 Å². The van der Waals surface area contributed by atoms with Crippen molar-refractivity contribution in [3.63, 3.8) is 0 Å². The fourth-order valence-electron chi connectivity index (χ4n) is 1.93. The van der Waals surface area contributed by atoms with E-state index in [4.69, 9.17) is 34.8 Å². The molecule has 1 heterocycles. The van der Waals surface area contributed by atoms with Crippen LogP contribution in [-0.2, 0) is 11.4 Å². The third-order valence-corrected chi connectivity index (χ3v) is 3.68. The Kier molecular flexibility index (Phi) is 4.09. The van der Waals surface area contributed by atoms with E-state index < -0.39 is 0 Å². The Balaban J connectivity index is 2.62. The number of benzene rings is 1. The molecule has 0 N–H and O–H groups in total. The van der Waals surface area contributed by atoms with Gasteiger partial charge in [0.1, 0.15) is 5.82 Å². The van der Waals surface area contributed by atoms with Gasteiger partial charge in [-0.2, -0.15) is 0 Å². The summed E-state index contributed by atoms with van der Waals surface area (Å²) < 4.78 is 2.01. The molecule has 0 amide bonds. The van der Waals surface area contributed by atoms with Crippen molar-refractivity contribution < 1.29 is 0 Å². The molecule has 19 heavy (non-hydrogen) atoms. The summed E-state index contributed by atoms with van der Waals surface area (Å²) in [6, 6.07) is 5.41. The van der Waals surface area contributed by atoms with E-state index in [1.165, 1.54) is 0 Å². The predicted octanol–water partition coefficient (Wildman–Crippen LogP) is 4.75. The van der Waals surface area contributed by atoms with E-state index in [2.05, 4.69) is 31.0 Å². The molecule has 0 unspecified atom stereocenters. The van der Waals surface area contributed by atoms with Gasteiger partial charge in [0, 0.05) is 11.1 Å². The van der Waals surface area contributed by atoms with E-state index in [9.17, 15) is 0 Å². The standard InChI is InChI=1S/C13H14Cl3N3/c1-13(2,3)19-11(7-14)17-18-12(19)8-4-5-9(15)10(16)6-8/h4-6H,7H2,1-3H3. The number of nitrogens with zero attached hydrogens (tertiary/aromatic N) is 3. The number of hydrogen-bond donors (Lipinski definition) is 0. The van der Waals surface area contributed by atoms with Gasteiger partial charge in [0.15, 0.2) is 5.82 Å². The third-order valence-electron chi connectivity index (χ3n) is 2.70. The predicted molar refractivity (Wildman–Crippen MR) is 80.0 cm³/mol. The first-order valence-corrected chi connectivity index (χ1v) is 7.10. The zero-order valence-corrected chi connectivity index (χ0v) is 13.2. The lowest BCUT2D eigenvalue weighted by atomic mass is 10.1. The Hall–Kier alpha value is -0.770. The highest BCUT2D eigenvalue weighted by atomic mass is 35.5. The van der Waals surface area contributed by atoms with E-state index in [0.29, 0.717) is 15.9 Å². The van der Waals surface area contributed by atoms with Crippen molar-refractivity contribution in [1.82, 2.24) is 14.8 Å². The van der Waals surface area contributed by atoms with Gasteiger partial charge in [-0.25, -0.2) is 0 Å². The van der Waals surface area contributed by atoms with Gasteiger partial charge < -0.3 is 4.57 Å². The Morgan fingerprint density at radius 3 is 2.32 bits per heavy atom. The maximum atomic E-state index is 6.06. The minimum atomic E-state index is -0.171. The molecule has 102 valence electrons. The second-order valence-electron chi connectivity index (χ2n) is 5.21. The molecule has 0 aliphatic rings. The molecule has 0 saturated heterocycles. The van der Waals surface area contributed by atoms with Crippen LogP contribution in [0.25, 0.3) is 11.4 Å². The molecule has 0 aliphatic heterocycles. The molecule has 0 radical (unpaired) electrons. The van der Waals surface area contributed by atoms with Crippen LogP contribution in [0.2, 0.25) is 10.0 Å². The summed E-state index contributed by atoms with van der Waals surface area (Å²) >= 11 is 17.9. The van der Waals surface area contributed by atoms with Crippen LogP contribution in [0.3, 0.4) is 0 Å². The summed E-state index contributed by atoms with van der Waals surface area (Å²) in [5.41, 5.74) is 0.697. The number of aromatic nitrogens is 3. The number of alkyl halides is 1. The van der Waals surface area contributed by atoms with Gasteiger partial charge in [0.25, 0.3) is 0 Å². The van der Waals surface area contributed by atoms with Crippen LogP contribution in [0.15, 0.2) is 18.2 Å². The molecule has 0 saturated carbocycles. The average Bonchev–Trinajstić information content (AvgIpc) is 2.76. The van der Waals surface area contributed by atoms with E-state index in [1.807, 2.05) is 10.6 Å². The van der Waals surface area contributed by atoms with Gasteiger partial charge in [-0.1, -0.05) is 23.2 Å². The Bertz CT molecular complexity index is 600. The normalized spacial score (nSPS) is 11.9. The van der Waals surface area contributed by atoms with Gasteiger partial charge in [0.05, 0.1) is 15.9 Å². The minimum absolute atomic E-state index is 0.171. The van der Waals surface area contributed by atoms with Crippen LogP contribution in [0.4, 0.5) is 0 Å². The molecule has 1 aromatic carbocycles. The summed E-state index contributed by atoms with van der Waals surface area (Å²) in [6.45, 7) is 6.23. The summed E-state index contributed by atoms with van der Waals surface area (Å²) in [6.07, 6.45) is 0. The fraction of sp³-hybridized carbons (Fsp3) is 0.385. The van der Waals surface area contributed by atoms with Crippen molar-refractivity contribution >= 4 is 34.8 Å². The van der Waals surface area contributed by atoms with Crippen molar-refractivity contribution in [1.29, 1.82) is 0 Å². The average molecular weight is 319 g/mol. The monoisotopic (exact) mass is 317 g/mol. The van der Waals surface area contributed by atoms with Crippen LogP contribution in [0.5, 0.6) is 0 Å². The van der Waals surface area contributed by atoms with Crippen molar-refractivity contribution in [3.05, 3.63) is 34.1 Å². The second-order valence-corrected chi connectivity index (χ2v) is 6.29. The first-order valence-electron chi connectivity index (χ1n) is 5.80. The van der Waals surface area contributed by atoms with Crippen molar-refractivity contribution in [2.45, 2.75) is 32.2 Å². The highest BCUT2D eigenvalue weighted by molar-refractivity contribution is 6.42. The summed E-state index contributed by atoms with van der Waals surface area (Å²) in [4.78, 5) is 0. The first kappa shape index (κ1) is 14.6. The van der Waals surface area contributed by atoms with Gasteiger partial charge in [-0.05, 0) is 39.0 Å². The highest BCUT2D eigenvalue weighted by Crippen LogP contribution is 2.31. The van der Waals surface area contributed by atoms with Crippen molar-refractivity contribution in [3.8, 4) is 11.4 Å². The van der Waals surface area contributed by atoms with E-state index in [0.717, 1.165) is 17.2 Å². The molecule has 0 bridgehead atoms. The van der Waals surface area contributed by atoms with Crippen molar-refractivity contribution in [2.24, 2.45) is 0 Å². The molecule has 1 aromatic heterocycles. The largest absolute Gasteiger partial charge is 0.305 e. The maximum absolute atomic E-state index is 6.06. The quantitative estimate of drug-likeness (QED) is 0.748. The van der Waals surface area contributed by atoms with Crippen LogP contribution in [-0.4, -0.2) is 14.8 Å². The Morgan fingerprint density at radius 2 is 1.79 bits per heavy atom. The zero-order valence-electron chi connectivity index (χ0n) is 10.9. The number of hydrogen-bond acceptors (Lipinski definition) is 2. The SMILES string of the molecule is CC(C)(C)n1c(CCl)nnc1-c1ccc(Cl)c(Cl)c1. The lowest BCUT2D eigenvalue weighted by Gasteiger charge is -2.24. The van der Waals surface area contributed by atoms with Crippen LogP contribution in [0.1, 0.15) is 26.6 Å². The Labute approximate surface area is 127 Å². The molecule has 0 atom stereocenters. The summed E-state index contributed by atoms with van der Waals surface area (Å²) in [5.74, 6) is 1.78. The lowest BCUT2D eigenvalue weighted by Crippen LogP contribution is -2.24. The first-order chi connectivity index (χ1) is 8.84. The number of rotatable bonds is 2. The van der Waals surface area contributed by atoms with Gasteiger partial charge in [-0.3, -0.25) is 0 Å². The third kappa shape index (κ3) is 2.88. The van der Waals surface area contributed by atoms with Gasteiger partial charge >= 0.3 is 0 Å². The molecule has 2 rings (SSSR count). The van der Waals surface area contributed by atoms with Gasteiger partial charge in [-0.15, -0.1) is 21.8 Å². The fourth-order valence-corrected chi connectivity index (χ4v) is 2.40. The van der Waals surface area contributed by atoms with Crippen molar-refractivity contribution in [2.75, 3.05) is 0 Å². The Morgan fingerprint density at radius 1 is 1.11 bits per heavy atom. The molecule has 0 fully saturated rings. The smallest absolute Gasteiger partial charge is 0.164 e. The zero-order chi connectivity index (χ0) is 14.2. The molecule has 6 heteroatoms. The van der Waals surface area contributed by atoms with Crippen LogP contribution >= 0.6 is 34.8 Å². The summed E-state index contributed by atoms with van der Waals surface area (Å²) in [5, 5.41) is 9.37. The lowest BCUT2D eigenvalue weighted by molar-refractivity contribution is 0.390. The van der Waals surface area contributed by atoms with E-state index in [-0.39, 0.29) is 5.54 Å². The molecule has 0 spiro atoms. The molecule has 0 aliphatic carbocycles. The molecular formula is C13H14Cl3N3. The molecule has 2 aromatic rings. The molecule has 3 nitrogen and oxygen atoms in total. The van der Waals surface area contributed by atoms with Gasteiger partial charge in [0.2, 0.25) is 0 Å². The van der Waals surface area contributed by atoms with E-state index in [1.54, 1.807) is 12.1 Å². The topological polar surface area (TPSA) is 30.7 Å². The van der Waals surface area contributed by atoms with Crippen LogP contribution in [0, 0.1) is 0 Å². The summed E-state index contributed by atoms with van der Waals surface area (Å²) in [7, 11) is 0. The highest BCUT2D eigenvalue weighted by Gasteiger charge is 2.23.